The summed E-state index contributed by atoms with van der Waals surface area (Å²) in [6.45, 7) is 2.73. The first kappa shape index (κ1) is 27.5. The Bertz CT molecular complexity index is 1340. The van der Waals surface area contributed by atoms with E-state index < -0.39 is 46.1 Å². The molecule has 2 atom stereocenters. The highest BCUT2D eigenvalue weighted by molar-refractivity contribution is 5.99. The number of nitro groups is 1. The van der Waals surface area contributed by atoms with Crippen LogP contribution in [0.25, 0.3) is 0 Å². The number of methoxy groups -OCH3 is 1. The zero-order valence-corrected chi connectivity index (χ0v) is 21.6. The molecule has 10 nitrogen and oxygen atoms in total. The molecular formula is C29H27NO9. The summed E-state index contributed by atoms with van der Waals surface area (Å²) in [5.41, 5.74) is -1.07. The van der Waals surface area contributed by atoms with Crippen LogP contribution in [0.2, 0.25) is 0 Å². The number of hydrogen-bond acceptors (Lipinski definition) is 9. The number of rotatable bonds is 9. The van der Waals surface area contributed by atoms with Crippen LogP contribution in [-0.2, 0) is 45.5 Å². The van der Waals surface area contributed by atoms with Crippen LogP contribution in [0.5, 0.6) is 0 Å². The minimum absolute atomic E-state index is 0.101. The molecule has 3 aromatic carbocycles. The highest BCUT2D eigenvalue weighted by atomic mass is 16.7. The second-order valence-electron chi connectivity index (χ2n) is 9.41. The van der Waals surface area contributed by atoms with Crippen LogP contribution in [0.3, 0.4) is 0 Å². The van der Waals surface area contributed by atoms with Gasteiger partial charge in [-0.2, -0.15) is 0 Å². The largest absolute Gasteiger partial charge is 0.467 e. The minimum atomic E-state index is -2.08. The number of nitrogens with zero attached hydrogens (tertiary/aromatic N) is 1. The first-order chi connectivity index (χ1) is 18.6. The smallest absolute Gasteiger partial charge is 0.343 e. The van der Waals surface area contributed by atoms with Crippen LogP contribution in [0.15, 0.2) is 84.9 Å². The Morgan fingerprint density at radius 3 is 2.00 bits per heavy atom. The van der Waals surface area contributed by atoms with Gasteiger partial charge in [-0.05, 0) is 16.7 Å². The van der Waals surface area contributed by atoms with Crippen molar-refractivity contribution < 1.29 is 38.3 Å². The van der Waals surface area contributed by atoms with E-state index in [2.05, 4.69) is 0 Å². The fourth-order valence-electron chi connectivity index (χ4n) is 4.73. The van der Waals surface area contributed by atoms with Crippen molar-refractivity contribution in [3.05, 3.63) is 112 Å². The van der Waals surface area contributed by atoms with E-state index in [-0.39, 0.29) is 17.9 Å². The molecule has 1 saturated heterocycles. The second kappa shape index (κ2) is 11.0. The Morgan fingerprint density at radius 2 is 1.49 bits per heavy atom. The first-order valence-corrected chi connectivity index (χ1v) is 12.1. The lowest BCUT2D eigenvalue weighted by atomic mass is 9.69. The fourth-order valence-corrected chi connectivity index (χ4v) is 4.73. The Labute approximate surface area is 224 Å². The number of benzene rings is 3. The normalized spacial score (nSPS) is 17.3. The van der Waals surface area contributed by atoms with Crippen molar-refractivity contribution in [2.45, 2.75) is 37.8 Å². The maximum absolute atomic E-state index is 13.9. The summed E-state index contributed by atoms with van der Waals surface area (Å²) in [4.78, 5) is 51.5. The van der Waals surface area contributed by atoms with Crippen LogP contribution in [0.1, 0.15) is 36.5 Å². The van der Waals surface area contributed by atoms with Gasteiger partial charge < -0.3 is 18.9 Å². The van der Waals surface area contributed by atoms with E-state index >= 15 is 0 Å². The predicted molar refractivity (Wildman–Crippen MR) is 137 cm³/mol. The van der Waals surface area contributed by atoms with Crippen molar-refractivity contribution in [2.75, 3.05) is 7.11 Å². The summed E-state index contributed by atoms with van der Waals surface area (Å²) in [6, 6.07) is 22.5. The van der Waals surface area contributed by atoms with E-state index in [0.29, 0.717) is 11.1 Å². The molecule has 39 heavy (non-hydrogen) atoms. The van der Waals surface area contributed by atoms with Crippen molar-refractivity contribution in [1.82, 2.24) is 0 Å². The van der Waals surface area contributed by atoms with E-state index in [1.807, 2.05) is 6.07 Å². The Kier molecular flexibility index (Phi) is 7.78. The van der Waals surface area contributed by atoms with Gasteiger partial charge in [0.15, 0.2) is 11.5 Å². The van der Waals surface area contributed by atoms with E-state index in [4.69, 9.17) is 18.9 Å². The molecule has 0 radical (unpaired) electrons. The van der Waals surface area contributed by atoms with Gasteiger partial charge >= 0.3 is 17.9 Å². The van der Waals surface area contributed by atoms with Crippen LogP contribution in [-0.4, -0.2) is 35.7 Å². The molecule has 4 rings (SSSR count). The summed E-state index contributed by atoms with van der Waals surface area (Å²) in [5, 5.41) is 11.4. The van der Waals surface area contributed by atoms with Crippen molar-refractivity contribution in [1.29, 1.82) is 0 Å². The van der Waals surface area contributed by atoms with Gasteiger partial charge in [-0.3, -0.25) is 19.7 Å². The minimum Gasteiger partial charge on any atom is -0.467 e. The molecule has 0 amide bonds. The van der Waals surface area contributed by atoms with Crippen LogP contribution >= 0.6 is 0 Å². The summed E-state index contributed by atoms with van der Waals surface area (Å²) < 4.78 is 22.5. The molecule has 1 fully saturated rings. The maximum Gasteiger partial charge on any atom is 0.343 e. The number of ether oxygens (including phenoxy) is 4. The number of cyclic esters (lactones) is 2. The van der Waals surface area contributed by atoms with Gasteiger partial charge in [0, 0.05) is 26.0 Å². The SMILES string of the molecule is COC(=O)[C@](OCc1ccccc1)(c1ccccc1)[C@H](c1ccc([N+](=O)[O-])cc1)C1C(=O)OC(C)(C)OC1=O. The van der Waals surface area contributed by atoms with Gasteiger partial charge in [-0.25, -0.2) is 4.79 Å². The average Bonchev–Trinajstić information content (AvgIpc) is 2.92. The molecule has 0 aliphatic carbocycles. The number of hydrogen-bond donors (Lipinski definition) is 0. The lowest BCUT2D eigenvalue weighted by Gasteiger charge is -2.43. The predicted octanol–water partition coefficient (Wildman–Crippen LogP) is 4.42. The van der Waals surface area contributed by atoms with Crippen molar-refractivity contribution in [3.63, 3.8) is 0 Å². The van der Waals surface area contributed by atoms with Crippen LogP contribution in [0, 0.1) is 16.0 Å². The maximum atomic E-state index is 13.9. The van der Waals surface area contributed by atoms with E-state index in [1.165, 1.54) is 45.2 Å². The van der Waals surface area contributed by atoms with Crippen molar-refractivity contribution >= 4 is 23.6 Å². The highest BCUT2D eigenvalue weighted by Crippen LogP contribution is 2.49. The molecule has 1 heterocycles. The molecule has 202 valence electrons. The topological polar surface area (TPSA) is 131 Å². The van der Waals surface area contributed by atoms with E-state index in [9.17, 15) is 24.5 Å². The van der Waals surface area contributed by atoms with Gasteiger partial charge in [-0.1, -0.05) is 72.8 Å². The summed E-state index contributed by atoms with van der Waals surface area (Å²) in [5.74, 6) is -7.36. The molecule has 0 aromatic heterocycles. The summed E-state index contributed by atoms with van der Waals surface area (Å²) in [6.07, 6.45) is 0. The molecular weight excluding hydrogens is 506 g/mol. The highest BCUT2D eigenvalue weighted by Gasteiger charge is 2.60. The lowest BCUT2D eigenvalue weighted by Crippen LogP contribution is -2.55. The average molecular weight is 534 g/mol. The quantitative estimate of drug-likeness (QED) is 0.170. The van der Waals surface area contributed by atoms with Crippen LogP contribution < -0.4 is 0 Å². The standard InChI is InChI=1S/C29H27NO9/c1-28(2)38-25(31)23(26(32)39-28)24(20-14-16-22(17-15-20)30(34)35)29(27(33)36-3,21-12-8-5-9-13-21)37-18-19-10-6-4-7-11-19/h4-17,23-24H,18H2,1-3H3/t24-,29+/m1/s1. The molecule has 0 bridgehead atoms. The van der Waals surface area contributed by atoms with Crippen molar-refractivity contribution in [3.8, 4) is 0 Å². The number of carbonyl (C=O) groups is 3. The third-order valence-electron chi connectivity index (χ3n) is 6.44. The molecule has 10 heteroatoms. The molecule has 1 aliphatic rings. The zero-order valence-electron chi connectivity index (χ0n) is 21.6. The van der Waals surface area contributed by atoms with Gasteiger partial charge in [0.05, 0.1) is 24.6 Å². The Hall–Kier alpha value is -4.57. The first-order valence-electron chi connectivity index (χ1n) is 12.1. The third kappa shape index (κ3) is 5.51. The third-order valence-corrected chi connectivity index (χ3v) is 6.44. The van der Waals surface area contributed by atoms with Gasteiger partial charge in [0.25, 0.3) is 11.5 Å². The zero-order chi connectivity index (χ0) is 28.2. The van der Waals surface area contributed by atoms with Gasteiger partial charge in [0.2, 0.25) is 0 Å². The molecule has 1 aliphatic heterocycles. The van der Waals surface area contributed by atoms with E-state index in [1.54, 1.807) is 54.6 Å². The summed E-state index contributed by atoms with van der Waals surface area (Å²) in [7, 11) is 1.17. The number of non-ortho nitro benzene ring substituents is 1. The van der Waals surface area contributed by atoms with E-state index in [0.717, 1.165) is 0 Å². The molecule has 0 N–H and O–H groups in total. The number of carbonyl (C=O) groups excluding carboxylic acids is 3. The Balaban J connectivity index is 1.99. The fraction of sp³-hybridized carbons (Fsp3) is 0.276. The molecule has 0 saturated carbocycles. The second-order valence-corrected chi connectivity index (χ2v) is 9.41. The van der Waals surface area contributed by atoms with Gasteiger partial charge in [0.1, 0.15) is 0 Å². The van der Waals surface area contributed by atoms with Crippen LogP contribution in [0.4, 0.5) is 5.69 Å². The molecule has 3 aromatic rings. The summed E-state index contributed by atoms with van der Waals surface area (Å²) >= 11 is 0. The molecule has 0 unspecified atom stereocenters. The number of nitro benzene ring substituents is 1. The Morgan fingerprint density at radius 1 is 0.949 bits per heavy atom. The van der Waals surface area contributed by atoms with Gasteiger partial charge in [-0.15, -0.1) is 0 Å². The lowest BCUT2D eigenvalue weighted by molar-refractivity contribution is -0.384. The number of esters is 3. The molecule has 0 spiro atoms. The monoisotopic (exact) mass is 533 g/mol. The van der Waals surface area contributed by atoms with Crippen molar-refractivity contribution in [2.24, 2.45) is 5.92 Å².